The van der Waals surface area contributed by atoms with E-state index in [2.05, 4.69) is 117 Å². The molecule has 4 nitrogen and oxygen atoms in total. The van der Waals surface area contributed by atoms with Crippen LogP contribution in [0.3, 0.4) is 0 Å². The summed E-state index contributed by atoms with van der Waals surface area (Å²) in [6.07, 6.45) is 16.4. The fourth-order valence-corrected chi connectivity index (χ4v) is 8.31. The van der Waals surface area contributed by atoms with Gasteiger partial charge in [-0.05, 0) is 111 Å². The summed E-state index contributed by atoms with van der Waals surface area (Å²) in [6.45, 7) is 21.2. The quantitative estimate of drug-likeness (QED) is 0.0555. The summed E-state index contributed by atoms with van der Waals surface area (Å²) in [4.78, 5) is 2.27. The van der Waals surface area contributed by atoms with E-state index >= 15 is 0 Å². The van der Waals surface area contributed by atoms with Gasteiger partial charge in [-0.3, -0.25) is 0 Å². The van der Waals surface area contributed by atoms with Gasteiger partial charge in [-0.1, -0.05) is 54.4 Å². The van der Waals surface area contributed by atoms with Gasteiger partial charge in [0.2, 0.25) is 0 Å². The van der Waals surface area contributed by atoms with Gasteiger partial charge in [0.1, 0.15) is 0 Å². The van der Waals surface area contributed by atoms with Gasteiger partial charge in [0, 0.05) is 62.9 Å². The van der Waals surface area contributed by atoms with Crippen LogP contribution in [0.4, 0.5) is 0 Å². The van der Waals surface area contributed by atoms with E-state index in [1.807, 2.05) is 0 Å². The van der Waals surface area contributed by atoms with E-state index in [0.717, 1.165) is 96.1 Å². The third-order valence-corrected chi connectivity index (χ3v) is 11.2. The Labute approximate surface area is 289 Å². The fraction of sp³-hybridized carbons (Fsp3) is 0.854. The van der Waals surface area contributed by atoms with Crippen molar-refractivity contribution in [1.82, 2.24) is 4.90 Å². The molecule has 0 N–H and O–H groups in total. The molecule has 46 heavy (non-hydrogen) atoms. The van der Waals surface area contributed by atoms with E-state index < -0.39 is 8.80 Å². The Kier molecular flexibility index (Phi) is 27.9. The SMILES string of the molecule is CC(C)CCC#CCCC(C)O[Si](CCCCCCN(C)C)(OC(C)CCC#CCCC(C)C)OC(C)CCC#CCCC(C)C. The molecule has 0 aromatic heterocycles. The average molecular weight is 658 g/mol. The van der Waals surface area contributed by atoms with Gasteiger partial charge in [0.05, 0.1) is 0 Å². The minimum Gasteiger partial charge on any atom is -0.371 e. The molecule has 0 spiro atoms. The van der Waals surface area contributed by atoms with Crippen molar-refractivity contribution < 1.29 is 13.3 Å². The number of rotatable bonds is 25. The molecule has 3 atom stereocenters. The Morgan fingerprint density at radius 3 is 1.04 bits per heavy atom. The van der Waals surface area contributed by atoms with Crippen LogP contribution in [-0.2, 0) is 13.3 Å². The van der Waals surface area contributed by atoms with Crippen LogP contribution in [0.25, 0.3) is 0 Å². The summed E-state index contributed by atoms with van der Waals surface area (Å²) < 4.78 is 20.9. The van der Waals surface area contributed by atoms with Gasteiger partial charge in [0.15, 0.2) is 0 Å². The minimum atomic E-state index is -2.99. The van der Waals surface area contributed by atoms with Crippen molar-refractivity contribution in [2.24, 2.45) is 17.8 Å². The lowest BCUT2D eigenvalue weighted by molar-refractivity contribution is -0.0131. The van der Waals surface area contributed by atoms with Crippen LogP contribution in [-0.4, -0.2) is 52.7 Å². The molecule has 0 aliphatic heterocycles. The van der Waals surface area contributed by atoms with Crippen molar-refractivity contribution in [1.29, 1.82) is 0 Å². The lowest BCUT2D eigenvalue weighted by Crippen LogP contribution is -2.51. The van der Waals surface area contributed by atoms with Crippen molar-refractivity contribution in [2.75, 3.05) is 20.6 Å². The normalized spacial score (nSPS) is 14.7. The first-order valence-corrected chi connectivity index (χ1v) is 20.8. The number of unbranched alkanes of at least 4 members (excludes halogenated alkanes) is 3. The fourth-order valence-electron chi connectivity index (χ4n) is 4.92. The first-order chi connectivity index (χ1) is 21.8. The van der Waals surface area contributed by atoms with E-state index in [4.69, 9.17) is 13.3 Å². The van der Waals surface area contributed by atoms with Crippen LogP contribution >= 0.6 is 0 Å². The molecule has 0 heterocycles. The maximum Gasteiger partial charge on any atom is 0.501 e. The van der Waals surface area contributed by atoms with Crippen molar-refractivity contribution in [3.63, 3.8) is 0 Å². The topological polar surface area (TPSA) is 30.9 Å². The molecule has 266 valence electrons. The second kappa shape index (κ2) is 28.7. The third-order valence-electron chi connectivity index (χ3n) is 7.92. The highest BCUT2D eigenvalue weighted by Crippen LogP contribution is 2.28. The van der Waals surface area contributed by atoms with Gasteiger partial charge >= 0.3 is 8.80 Å². The number of hydrogen-bond acceptors (Lipinski definition) is 4. The maximum absolute atomic E-state index is 6.96. The van der Waals surface area contributed by atoms with Crippen molar-refractivity contribution >= 4 is 8.80 Å². The molecule has 0 radical (unpaired) electrons. The molecule has 0 aromatic rings. The second-order valence-electron chi connectivity index (χ2n) is 14.9. The number of nitrogens with zero attached hydrogens (tertiary/aromatic N) is 1. The lowest BCUT2D eigenvalue weighted by Gasteiger charge is -2.36. The Bertz CT molecular complexity index is 809. The zero-order valence-electron chi connectivity index (χ0n) is 32.4. The van der Waals surface area contributed by atoms with Gasteiger partial charge in [-0.2, -0.15) is 0 Å². The first kappa shape index (κ1) is 44.7. The van der Waals surface area contributed by atoms with Gasteiger partial charge in [-0.15, -0.1) is 35.5 Å². The Hall–Kier alpha value is -1.26. The Morgan fingerprint density at radius 1 is 0.435 bits per heavy atom. The molecule has 0 rings (SSSR count). The van der Waals surface area contributed by atoms with Crippen LogP contribution in [0, 0.1) is 53.3 Å². The summed E-state index contributed by atoms with van der Waals surface area (Å²) in [5, 5.41) is 0. The predicted octanol–water partition coefficient (Wildman–Crippen LogP) is 10.9. The van der Waals surface area contributed by atoms with E-state index in [1.165, 1.54) is 19.3 Å². The minimum absolute atomic E-state index is 0.0332. The smallest absolute Gasteiger partial charge is 0.371 e. The Balaban J connectivity index is 5.68. The molecule has 0 saturated heterocycles. The predicted molar refractivity (Wildman–Crippen MR) is 202 cm³/mol. The van der Waals surface area contributed by atoms with E-state index in [0.29, 0.717) is 17.8 Å². The van der Waals surface area contributed by atoms with Gasteiger partial charge < -0.3 is 18.2 Å². The maximum atomic E-state index is 6.96. The molecule has 0 amide bonds. The summed E-state index contributed by atoms with van der Waals surface area (Å²) >= 11 is 0. The van der Waals surface area contributed by atoms with Gasteiger partial charge in [0.25, 0.3) is 0 Å². The van der Waals surface area contributed by atoms with E-state index in [1.54, 1.807) is 0 Å². The van der Waals surface area contributed by atoms with Crippen molar-refractivity contribution in [2.45, 2.75) is 189 Å². The molecule has 0 saturated carbocycles. The lowest BCUT2D eigenvalue weighted by atomic mass is 10.1. The zero-order valence-corrected chi connectivity index (χ0v) is 33.4. The first-order valence-electron chi connectivity index (χ1n) is 18.9. The molecule has 0 bridgehead atoms. The Morgan fingerprint density at radius 2 is 0.739 bits per heavy atom. The molecular formula is C41H75NO3Si. The van der Waals surface area contributed by atoms with E-state index in [-0.39, 0.29) is 18.3 Å². The highest BCUT2D eigenvalue weighted by Gasteiger charge is 2.45. The molecule has 0 aromatic carbocycles. The van der Waals surface area contributed by atoms with Crippen LogP contribution in [0.1, 0.15) is 165 Å². The van der Waals surface area contributed by atoms with Crippen LogP contribution in [0.15, 0.2) is 0 Å². The molecule has 0 fully saturated rings. The van der Waals surface area contributed by atoms with Crippen LogP contribution in [0.5, 0.6) is 0 Å². The van der Waals surface area contributed by atoms with Gasteiger partial charge in [-0.25, -0.2) is 0 Å². The highest BCUT2D eigenvalue weighted by atomic mass is 28.4. The monoisotopic (exact) mass is 658 g/mol. The largest absolute Gasteiger partial charge is 0.501 e. The molecule has 0 aliphatic carbocycles. The average Bonchev–Trinajstić information content (AvgIpc) is 2.95. The summed E-state index contributed by atoms with van der Waals surface area (Å²) in [5.41, 5.74) is 0. The van der Waals surface area contributed by atoms with E-state index in [9.17, 15) is 0 Å². The summed E-state index contributed by atoms with van der Waals surface area (Å²) in [6, 6.07) is 0.855. The highest BCUT2D eigenvalue weighted by molar-refractivity contribution is 6.60. The molecule has 3 unspecified atom stereocenters. The summed E-state index contributed by atoms with van der Waals surface area (Å²) in [7, 11) is 1.30. The number of hydrogen-bond donors (Lipinski definition) is 0. The molecule has 5 heteroatoms. The third kappa shape index (κ3) is 28.9. The zero-order chi connectivity index (χ0) is 34.6. The van der Waals surface area contributed by atoms with Crippen molar-refractivity contribution in [3.8, 4) is 35.5 Å². The molecule has 0 aliphatic rings. The van der Waals surface area contributed by atoms with Crippen LogP contribution in [0.2, 0.25) is 6.04 Å². The second-order valence-corrected chi connectivity index (χ2v) is 17.5. The molecular weight excluding hydrogens is 583 g/mol. The summed E-state index contributed by atoms with van der Waals surface area (Å²) in [5.74, 6) is 22.3. The van der Waals surface area contributed by atoms with Crippen molar-refractivity contribution in [3.05, 3.63) is 0 Å². The standard InChI is InChI=1S/C41H75NO3Si/c1-36(2)28-20-12-15-23-31-39(7)43-46(35-27-19-18-26-34-42(10)11,44-40(8)32-24-16-13-21-29-37(3)4)45-41(9)33-25-17-14-22-30-38(5)6/h36-41H,18-35H2,1-11H3. The van der Waals surface area contributed by atoms with Crippen LogP contribution < -0.4 is 0 Å².